The van der Waals surface area contributed by atoms with Crippen LogP contribution in [0.4, 0.5) is 23.1 Å². The van der Waals surface area contributed by atoms with E-state index >= 15 is 0 Å². The zero-order valence-corrected chi connectivity index (χ0v) is 18.5. The van der Waals surface area contributed by atoms with Gasteiger partial charge in [-0.2, -0.15) is 9.97 Å². The van der Waals surface area contributed by atoms with E-state index in [-0.39, 0.29) is 11.5 Å². The number of carboxylic acids is 1. The number of aryl methyl sites for hydroxylation is 1. The summed E-state index contributed by atoms with van der Waals surface area (Å²) >= 11 is 0. The summed E-state index contributed by atoms with van der Waals surface area (Å²) in [4.78, 5) is 31.6. The highest BCUT2D eigenvalue weighted by Crippen LogP contribution is 2.28. The number of ether oxygens (including phenoxy) is 1. The summed E-state index contributed by atoms with van der Waals surface area (Å²) in [7, 11) is 0. The molecule has 172 valence electrons. The van der Waals surface area contributed by atoms with Crippen molar-refractivity contribution in [2.24, 2.45) is 0 Å². The SMILES string of the molecule is Cc1ccc(C(=O)O)c(Nc2ccc(-c3cnc4nc(N)nc(N5CCOCC5)c4n3)cc2)c1. The second-order valence-electron chi connectivity index (χ2n) is 7.99. The number of anilines is 4. The first-order valence-corrected chi connectivity index (χ1v) is 10.8. The van der Waals surface area contributed by atoms with Crippen molar-refractivity contribution < 1.29 is 14.6 Å². The molecule has 10 nitrogen and oxygen atoms in total. The lowest BCUT2D eigenvalue weighted by atomic mass is 10.1. The van der Waals surface area contributed by atoms with Crippen molar-refractivity contribution in [3.8, 4) is 11.3 Å². The molecule has 0 spiro atoms. The van der Waals surface area contributed by atoms with Gasteiger partial charge in [-0.25, -0.2) is 14.8 Å². The fourth-order valence-electron chi connectivity index (χ4n) is 3.87. The number of aromatic carboxylic acids is 1. The maximum absolute atomic E-state index is 11.5. The average Bonchev–Trinajstić information content (AvgIpc) is 2.84. The van der Waals surface area contributed by atoms with Gasteiger partial charge in [0.2, 0.25) is 5.95 Å². The number of fused-ring (bicyclic) bond motifs is 1. The molecule has 10 heteroatoms. The number of carbonyl (C=O) groups is 1. The van der Waals surface area contributed by atoms with E-state index in [0.29, 0.717) is 54.7 Å². The Morgan fingerprint density at radius 2 is 1.85 bits per heavy atom. The van der Waals surface area contributed by atoms with Gasteiger partial charge in [0.15, 0.2) is 17.0 Å². The monoisotopic (exact) mass is 457 g/mol. The van der Waals surface area contributed by atoms with E-state index in [9.17, 15) is 9.90 Å². The Labute approximate surface area is 195 Å². The predicted octanol–water partition coefficient (Wildman–Crippen LogP) is 3.26. The molecule has 0 atom stereocenters. The number of nitrogens with zero attached hydrogens (tertiary/aromatic N) is 5. The molecular formula is C24H23N7O3. The molecule has 4 aromatic rings. The van der Waals surface area contributed by atoms with Crippen LogP contribution in [-0.4, -0.2) is 57.3 Å². The predicted molar refractivity (Wildman–Crippen MR) is 129 cm³/mol. The summed E-state index contributed by atoms with van der Waals surface area (Å²) < 4.78 is 5.45. The fourth-order valence-corrected chi connectivity index (χ4v) is 3.87. The first kappa shape index (κ1) is 21.5. The average molecular weight is 457 g/mol. The van der Waals surface area contributed by atoms with Crippen LogP contribution in [0.3, 0.4) is 0 Å². The quantitative estimate of drug-likeness (QED) is 0.409. The molecule has 0 amide bonds. The van der Waals surface area contributed by atoms with Gasteiger partial charge in [0.25, 0.3) is 0 Å². The van der Waals surface area contributed by atoms with Gasteiger partial charge < -0.3 is 25.8 Å². The number of nitrogens with one attached hydrogen (secondary N) is 1. The van der Waals surface area contributed by atoms with Crippen molar-refractivity contribution >= 4 is 40.3 Å². The minimum atomic E-state index is -0.982. The van der Waals surface area contributed by atoms with Crippen LogP contribution >= 0.6 is 0 Å². The van der Waals surface area contributed by atoms with E-state index in [1.165, 1.54) is 0 Å². The van der Waals surface area contributed by atoms with Crippen LogP contribution in [0.25, 0.3) is 22.4 Å². The summed E-state index contributed by atoms with van der Waals surface area (Å²) in [6, 6.07) is 12.7. The Hall–Kier alpha value is -4.31. The van der Waals surface area contributed by atoms with Gasteiger partial charge in [0.05, 0.1) is 36.4 Å². The third-order valence-corrected chi connectivity index (χ3v) is 5.58. The number of hydrogen-bond acceptors (Lipinski definition) is 9. The molecule has 0 unspecified atom stereocenters. The first-order chi connectivity index (χ1) is 16.5. The first-order valence-electron chi connectivity index (χ1n) is 10.8. The Bertz CT molecular complexity index is 1370. The molecule has 34 heavy (non-hydrogen) atoms. The number of benzene rings is 2. The van der Waals surface area contributed by atoms with Crippen molar-refractivity contribution in [3.63, 3.8) is 0 Å². The van der Waals surface area contributed by atoms with Crippen molar-refractivity contribution in [1.29, 1.82) is 0 Å². The van der Waals surface area contributed by atoms with Crippen molar-refractivity contribution in [2.75, 3.05) is 42.3 Å². The number of nitrogen functional groups attached to an aromatic ring is 1. The highest BCUT2D eigenvalue weighted by molar-refractivity contribution is 5.95. The van der Waals surface area contributed by atoms with E-state index in [2.05, 4.69) is 25.2 Å². The fraction of sp³-hybridized carbons (Fsp3) is 0.208. The van der Waals surface area contributed by atoms with Gasteiger partial charge in [-0.3, -0.25) is 0 Å². The Balaban J connectivity index is 1.46. The molecule has 0 aliphatic carbocycles. The molecule has 0 saturated carbocycles. The zero-order valence-electron chi connectivity index (χ0n) is 18.5. The van der Waals surface area contributed by atoms with Gasteiger partial charge in [-0.1, -0.05) is 18.2 Å². The molecule has 1 aliphatic rings. The van der Waals surface area contributed by atoms with Crippen LogP contribution in [0, 0.1) is 6.92 Å². The van der Waals surface area contributed by atoms with E-state index in [1.54, 1.807) is 18.3 Å². The number of aromatic nitrogens is 4. The lowest BCUT2D eigenvalue weighted by Gasteiger charge is -2.28. The van der Waals surface area contributed by atoms with Gasteiger partial charge in [-0.15, -0.1) is 0 Å². The van der Waals surface area contributed by atoms with Crippen LogP contribution in [0.2, 0.25) is 0 Å². The summed E-state index contributed by atoms with van der Waals surface area (Å²) in [6.45, 7) is 4.51. The second-order valence-corrected chi connectivity index (χ2v) is 7.99. The third-order valence-electron chi connectivity index (χ3n) is 5.58. The number of hydrogen-bond donors (Lipinski definition) is 3. The molecular weight excluding hydrogens is 434 g/mol. The maximum atomic E-state index is 11.5. The molecule has 3 heterocycles. The van der Waals surface area contributed by atoms with Crippen LogP contribution in [0.15, 0.2) is 48.7 Å². The van der Waals surface area contributed by atoms with Crippen LogP contribution in [-0.2, 0) is 4.74 Å². The molecule has 1 saturated heterocycles. The maximum Gasteiger partial charge on any atom is 0.337 e. The van der Waals surface area contributed by atoms with Crippen LogP contribution in [0.5, 0.6) is 0 Å². The summed E-state index contributed by atoms with van der Waals surface area (Å²) in [6.07, 6.45) is 1.66. The van der Waals surface area contributed by atoms with Gasteiger partial charge in [0, 0.05) is 24.3 Å². The van der Waals surface area contributed by atoms with Crippen molar-refractivity contribution in [3.05, 3.63) is 59.8 Å². The highest BCUT2D eigenvalue weighted by Gasteiger charge is 2.19. The van der Waals surface area contributed by atoms with E-state index in [4.69, 9.17) is 15.5 Å². The van der Waals surface area contributed by atoms with Crippen LogP contribution < -0.4 is 16.0 Å². The minimum absolute atomic E-state index is 0.156. The third kappa shape index (κ3) is 4.30. The van der Waals surface area contributed by atoms with E-state index in [1.807, 2.05) is 37.3 Å². The molecule has 5 rings (SSSR count). The summed E-state index contributed by atoms with van der Waals surface area (Å²) in [5, 5.41) is 12.7. The highest BCUT2D eigenvalue weighted by atomic mass is 16.5. The molecule has 2 aromatic heterocycles. The topological polar surface area (TPSA) is 139 Å². The number of rotatable bonds is 5. The number of morpholine rings is 1. The number of nitrogens with two attached hydrogens (primary N) is 1. The summed E-state index contributed by atoms with van der Waals surface area (Å²) in [5.74, 6) is -0.174. The Kier molecular flexibility index (Phi) is 5.64. The molecule has 1 fully saturated rings. The van der Waals surface area contributed by atoms with E-state index < -0.39 is 5.97 Å². The molecule has 0 radical (unpaired) electrons. The van der Waals surface area contributed by atoms with Gasteiger partial charge in [0.1, 0.15) is 0 Å². The molecule has 0 bridgehead atoms. The largest absolute Gasteiger partial charge is 0.478 e. The minimum Gasteiger partial charge on any atom is -0.478 e. The molecule has 1 aliphatic heterocycles. The lowest BCUT2D eigenvalue weighted by molar-refractivity contribution is 0.0698. The Morgan fingerprint density at radius 3 is 2.59 bits per heavy atom. The van der Waals surface area contributed by atoms with Crippen molar-refractivity contribution in [2.45, 2.75) is 6.92 Å². The number of carboxylic acid groups (broad SMARTS) is 1. The van der Waals surface area contributed by atoms with Crippen LogP contribution in [0.1, 0.15) is 15.9 Å². The van der Waals surface area contributed by atoms with Gasteiger partial charge >= 0.3 is 5.97 Å². The molecule has 2 aromatic carbocycles. The van der Waals surface area contributed by atoms with E-state index in [0.717, 1.165) is 16.8 Å². The lowest BCUT2D eigenvalue weighted by Crippen LogP contribution is -2.37. The van der Waals surface area contributed by atoms with Gasteiger partial charge in [-0.05, 0) is 36.8 Å². The second kappa shape index (κ2) is 8.91. The normalized spacial score (nSPS) is 13.7. The molecule has 4 N–H and O–H groups in total. The smallest absolute Gasteiger partial charge is 0.337 e. The standard InChI is InChI=1S/C24H23N7O3/c1-14-2-7-17(23(32)33)18(12-14)27-16-5-3-15(4-6-16)19-13-26-21-20(28-19)22(30-24(25)29-21)31-8-10-34-11-9-31/h2-7,12-13,27H,8-11H2,1H3,(H,32,33)(H2,25,26,29,30). The van der Waals surface area contributed by atoms with Crippen molar-refractivity contribution in [1.82, 2.24) is 19.9 Å². The summed E-state index contributed by atoms with van der Waals surface area (Å²) in [5.41, 5.74) is 10.9. The zero-order chi connectivity index (χ0) is 23.7. The Morgan fingerprint density at radius 1 is 1.09 bits per heavy atom.